The van der Waals surface area contributed by atoms with Crippen LogP contribution in [0.5, 0.6) is 5.75 Å². The summed E-state index contributed by atoms with van der Waals surface area (Å²) in [7, 11) is 0. The molecule has 21 heavy (non-hydrogen) atoms. The number of carbonyl (C=O) groups is 4. The van der Waals surface area contributed by atoms with E-state index in [0.717, 1.165) is 4.90 Å². The van der Waals surface area contributed by atoms with Gasteiger partial charge in [0.1, 0.15) is 11.8 Å². The Morgan fingerprint density at radius 3 is 2.62 bits per heavy atom. The molecule has 0 saturated carbocycles. The molecule has 2 aliphatic heterocycles. The van der Waals surface area contributed by atoms with E-state index in [1.165, 1.54) is 18.2 Å². The highest BCUT2D eigenvalue weighted by molar-refractivity contribution is 6.24. The van der Waals surface area contributed by atoms with E-state index in [1.807, 2.05) is 0 Å². The minimum atomic E-state index is -1.02. The second-order valence-electron chi connectivity index (χ2n) is 5.00. The third-order valence-corrected chi connectivity index (χ3v) is 3.68. The molecule has 1 aromatic carbocycles. The van der Waals surface area contributed by atoms with E-state index in [-0.39, 0.29) is 29.7 Å². The van der Waals surface area contributed by atoms with Gasteiger partial charge in [-0.25, -0.2) is 0 Å². The lowest BCUT2D eigenvalue weighted by atomic mass is 10.1. The molecule has 2 aliphatic rings. The highest BCUT2D eigenvalue weighted by atomic mass is 16.3. The standard InChI is InChI=1S/C14H12N2O5/c17-9-5-1-3-7-11(9)14(21)16(13(7)20)8-4-2-6-10(18)15-12(8)19/h1,3,5,8,17H,2,4,6H2,(H,15,18,19). The van der Waals surface area contributed by atoms with Crippen molar-refractivity contribution in [2.75, 3.05) is 0 Å². The van der Waals surface area contributed by atoms with Gasteiger partial charge in [0.05, 0.1) is 11.1 Å². The van der Waals surface area contributed by atoms with Crippen LogP contribution in [-0.4, -0.2) is 39.7 Å². The smallest absolute Gasteiger partial charge is 0.266 e. The largest absolute Gasteiger partial charge is 0.507 e. The number of fused-ring (bicyclic) bond motifs is 1. The molecular formula is C14H12N2O5. The molecule has 0 spiro atoms. The molecule has 1 fully saturated rings. The van der Waals surface area contributed by atoms with E-state index in [2.05, 4.69) is 5.32 Å². The highest BCUT2D eigenvalue weighted by Crippen LogP contribution is 2.32. The molecule has 0 aliphatic carbocycles. The van der Waals surface area contributed by atoms with E-state index < -0.39 is 29.7 Å². The fourth-order valence-corrected chi connectivity index (χ4v) is 2.69. The number of rotatable bonds is 1. The van der Waals surface area contributed by atoms with Crippen molar-refractivity contribution in [1.29, 1.82) is 0 Å². The van der Waals surface area contributed by atoms with Crippen LogP contribution in [0.3, 0.4) is 0 Å². The fraction of sp³-hybridized carbons (Fsp3) is 0.286. The number of benzene rings is 1. The summed E-state index contributed by atoms with van der Waals surface area (Å²) in [5.41, 5.74) is -0.0192. The van der Waals surface area contributed by atoms with Gasteiger partial charge in [-0.2, -0.15) is 0 Å². The maximum Gasteiger partial charge on any atom is 0.266 e. The van der Waals surface area contributed by atoms with Crippen LogP contribution in [0.4, 0.5) is 0 Å². The summed E-state index contributed by atoms with van der Waals surface area (Å²) in [4.78, 5) is 48.8. The number of phenols is 1. The van der Waals surface area contributed by atoms with Gasteiger partial charge in [-0.05, 0) is 25.0 Å². The van der Waals surface area contributed by atoms with Crippen LogP contribution >= 0.6 is 0 Å². The Bertz CT molecular complexity index is 682. The van der Waals surface area contributed by atoms with Crippen LogP contribution < -0.4 is 5.32 Å². The lowest BCUT2D eigenvalue weighted by Gasteiger charge is -2.22. The summed E-state index contributed by atoms with van der Waals surface area (Å²) in [5, 5.41) is 11.9. The van der Waals surface area contributed by atoms with E-state index in [1.54, 1.807) is 0 Å². The van der Waals surface area contributed by atoms with Crippen LogP contribution in [-0.2, 0) is 9.59 Å². The van der Waals surface area contributed by atoms with Crippen molar-refractivity contribution >= 4 is 23.6 Å². The van der Waals surface area contributed by atoms with Crippen LogP contribution in [0, 0.1) is 0 Å². The van der Waals surface area contributed by atoms with Crippen LogP contribution in [0.15, 0.2) is 18.2 Å². The Labute approximate surface area is 119 Å². The van der Waals surface area contributed by atoms with Crippen molar-refractivity contribution < 1.29 is 24.3 Å². The zero-order valence-corrected chi connectivity index (χ0v) is 11.0. The van der Waals surface area contributed by atoms with E-state index in [4.69, 9.17) is 0 Å². The van der Waals surface area contributed by atoms with E-state index in [9.17, 15) is 24.3 Å². The Balaban J connectivity index is 2.00. The van der Waals surface area contributed by atoms with Crippen molar-refractivity contribution in [2.24, 2.45) is 0 Å². The van der Waals surface area contributed by atoms with Gasteiger partial charge < -0.3 is 5.11 Å². The Hall–Kier alpha value is -2.70. The van der Waals surface area contributed by atoms with Crippen molar-refractivity contribution in [3.05, 3.63) is 29.3 Å². The molecule has 7 heteroatoms. The first-order valence-corrected chi connectivity index (χ1v) is 6.54. The monoisotopic (exact) mass is 288 g/mol. The normalized spacial score (nSPS) is 22.1. The molecule has 108 valence electrons. The summed E-state index contributed by atoms with van der Waals surface area (Å²) in [6, 6.07) is 3.17. The zero-order chi connectivity index (χ0) is 15.1. The average Bonchev–Trinajstić information content (AvgIpc) is 2.57. The first kappa shape index (κ1) is 13.3. The van der Waals surface area contributed by atoms with Crippen molar-refractivity contribution in [3.63, 3.8) is 0 Å². The van der Waals surface area contributed by atoms with Crippen LogP contribution in [0.25, 0.3) is 0 Å². The minimum absolute atomic E-state index is 0.0726. The van der Waals surface area contributed by atoms with Gasteiger partial charge in [0.15, 0.2) is 0 Å². The molecule has 0 bridgehead atoms. The predicted octanol–water partition coefficient (Wildman–Crippen LogP) is 0.183. The maximum absolute atomic E-state index is 12.3. The Kier molecular flexibility index (Phi) is 2.97. The number of amides is 4. The SMILES string of the molecule is O=C1CCCC(N2C(=O)c3cccc(O)c3C2=O)C(=O)N1. The molecule has 4 amide bonds. The second-order valence-corrected chi connectivity index (χ2v) is 5.00. The summed E-state index contributed by atoms with van der Waals surface area (Å²) < 4.78 is 0. The maximum atomic E-state index is 12.3. The lowest BCUT2D eigenvalue weighted by molar-refractivity contribution is -0.131. The van der Waals surface area contributed by atoms with Crippen LogP contribution in [0.2, 0.25) is 0 Å². The first-order valence-electron chi connectivity index (χ1n) is 6.54. The van der Waals surface area contributed by atoms with Crippen molar-refractivity contribution in [3.8, 4) is 5.75 Å². The highest BCUT2D eigenvalue weighted by Gasteiger charge is 2.44. The zero-order valence-electron chi connectivity index (χ0n) is 11.0. The first-order chi connectivity index (χ1) is 10.0. The molecule has 1 saturated heterocycles. The average molecular weight is 288 g/mol. The molecule has 1 unspecified atom stereocenters. The summed E-state index contributed by atoms with van der Waals surface area (Å²) >= 11 is 0. The molecular weight excluding hydrogens is 276 g/mol. The fourth-order valence-electron chi connectivity index (χ4n) is 2.69. The van der Waals surface area contributed by atoms with Crippen LogP contribution in [0.1, 0.15) is 40.0 Å². The second kappa shape index (κ2) is 4.69. The minimum Gasteiger partial charge on any atom is -0.507 e. The Morgan fingerprint density at radius 2 is 1.90 bits per heavy atom. The topological polar surface area (TPSA) is 104 Å². The van der Waals surface area contributed by atoms with Crippen molar-refractivity contribution in [2.45, 2.75) is 25.3 Å². The van der Waals surface area contributed by atoms with Crippen molar-refractivity contribution in [1.82, 2.24) is 10.2 Å². The molecule has 2 heterocycles. The number of aromatic hydroxyl groups is 1. The number of hydrogen-bond donors (Lipinski definition) is 2. The summed E-state index contributed by atoms with van der Waals surface area (Å²) in [5.74, 6) is -2.70. The predicted molar refractivity (Wildman–Crippen MR) is 69.4 cm³/mol. The number of carbonyl (C=O) groups excluding carboxylic acids is 4. The quantitative estimate of drug-likeness (QED) is 0.718. The molecule has 3 rings (SSSR count). The van der Waals surface area contributed by atoms with Gasteiger partial charge in [0, 0.05) is 6.42 Å². The third kappa shape index (κ3) is 1.97. The molecule has 2 N–H and O–H groups in total. The molecule has 1 atom stereocenters. The van der Waals surface area contributed by atoms with Gasteiger partial charge in [0.25, 0.3) is 11.8 Å². The summed E-state index contributed by atoms with van der Waals surface area (Å²) in [6.45, 7) is 0. The Morgan fingerprint density at radius 1 is 1.14 bits per heavy atom. The van der Waals surface area contributed by atoms with Gasteiger partial charge in [-0.1, -0.05) is 6.07 Å². The van der Waals surface area contributed by atoms with Gasteiger partial charge in [-0.15, -0.1) is 0 Å². The molecule has 0 aromatic heterocycles. The molecule has 0 radical (unpaired) electrons. The third-order valence-electron chi connectivity index (χ3n) is 3.68. The number of hydrogen-bond acceptors (Lipinski definition) is 5. The number of phenolic OH excluding ortho intramolecular Hbond substituents is 1. The number of nitrogens with one attached hydrogen (secondary N) is 1. The summed E-state index contributed by atoms with van der Waals surface area (Å²) in [6.07, 6.45) is 0.808. The van der Waals surface area contributed by atoms with Gasteiger partial charge in [0.2, 0.25) is 11.8 Å². The van der Waals surface area contributed by atoms with Gasteiger partial charge in [-0.3, -0.25) is 29.4 Å². The lowest BCUT2D eigenvalue weighted by Crippen LogP contribution is -2.49. The van der Waals surface area contributed by atoms with E-state index in [0.29, 0.717) is 6.42 Å². The molecule has 7 nitrogen and oxygen atoms in total. The molecule has 1 aromatic rings. The number of nitrogens with zero attached hydrogens (tertiary/aromatic N) is 1. The van der Waals surface area contributed by atoms with Gasteiger partial charge >= 0.3 is 0 Å². The van der Waals surface area contributed by atoms with E-state index >= 15 is 0 Å². The number of imide groups is 2.